The third kappa shape index (κ3) is 5.71. The van der Waals surface area contributed by atoms with Crippen LogP contribution >= 0.6 is 0 Å². The highest BCUT2D eigenvalue weighted by atomic mass is 16.2. The minimum Gasteiger partial charge on any atom is -0.356 e. The molecule has 0 aromatic heterocycles. The van der Waals surface area contributed by atoms with Crippen LogP contribution in [0.1, 0.15) is 52.4 Å². The number of nitrogens with one attached hydrogen (secondary N) is 1. The number of amides is 2. The lowest BCUT2D eigenvalue weighted by molar-refractivity contribution is -0.130. The van der Waals surface area contributed by atoms with Gasteiger partial charge in [0.25, 0.3) is 0 Å². The molecule has 2 amide bonds. The maximum atomic E-state index is 11.5. The molecule has 17 heavy (non-hydrogen) atoms. The molecule has 98 valence electrons. The van der Waals surface area contributed by atoms with E-state index in [1.807, 2.05) is 4.90 Å². The Labute approximate surface area is 104 Å². The van der Waals surface area contributed by atoms with Crippen molar-refractivity contribution in [3.63, 3.8) is 0 Å². The summed E-state index contributed by atoms with van der Waals surface area (Å²) in [7, 11) is 0. The van der Waals surface area contributed by atoms with E-state index in [-0.39, 0.29) is 11.8 Å². The first-order chi connectivity index (χ1) is 8.15. The Kier molecular flexibility index (Phi) is 6.01. The second kappa shape index (κ2) is 7.30. The summed E-state index contributed by atoms with van der Waals surface area (Å²) in [6.07, 6.45) is 5.98. The smallest absolute Gasteiger partial charge is 0.221 e. The molecule has 0 aromatic rings. The van der Waals surface area contributed by atoms with E-state index in [1.54, 1.807) is 6.92 Å². The number of hydrogen-bond donors (Lipinski definition) is 1. The summed E-state index contributed by atoms with van der Waals surface area (Å²) >= 11 is 0. The van der Waals surface area contributed by atoms with E-state index in [0.717, 1.165) is 38.6 Å². The van der Waals surface area contributed by atoms with Crippen molar-refractivity contribution >= 4 is 11.8 Å². The molecule has 1 aliphatic carbocycles. The molecule has 0 spiro atoms. The van der Waals surface area contributed by atoms with Crippen LogP contribution in [0.4, 0.5) is 0 Å². The molecule has 1 aliphatic rings. The number of carbonyl (C=O) groups is 2. The van der Waals surface area contributed by atoms with Crippen LogP contribution in [-0.2, 0) is 9.59 Å². The Bertz CT molecular complexity index is 262. The van der Waals surface area contributed by atoms with Gasteiger partial charge in [-0.25, -0.2) is 0 Å². The van der Waals surface area contributed by atoms with E-state index in [1.165, 1.54) is 0 Å². The lowest BCUT2D eigenvalue weighted by atomic mass is 10.2. The predicted molar refractivity (Wildman–Crippen MR) is 67.6 cm³/mol. The van der Waals surface area contributed by atoms with Gasteiger partial charge in [0, 0.05) is 32.5 Å². The molecule has 4 heteroatoms. The van der Waals surface area contributed by atoms with Gasteiger partial charge in [0.15, 0.2) is 0 Å². The van der Waals surface area contributed by atoms with Crippen LogP contribution in [0.15, 0.2) is 0 Å². The zero-order valence-corrected chi connectivity index (χ0v) is 11.0. The molecule has 0 heterocycles. The molecule has 4 nitrogen and oxygen atoms in total. The van der Waals surface area contributed by atoms with Crippen molar-refractivity contribution in [3.05, 3.63) is 0 Å². The van der Waals surface area contributed by atoms with Crippen molar-refractivity contribution in [3.8, 4) is 0 Å². The highest BCUT2D eigenvalue weighted by Crippen LogP contribution is 2.26. The monoisotopic (exact) mass is 240 g/mol. The molecule has 1 rings (SSSR count). The summed E-state index contributed by atoms with van der Waals surface area (Å²) in [5.74, 6) is 0.152. The van der Waals surface area contributed by atoms with Gasteiger partial charge in [-0.2, -0.15) is 0 Å². The standard InChI is InChI=1S/C13H24N2O2/c1-3-4-5-9-14-13(17)8-10-15(11(2)16)12-6-7-12/h12H,3-10H2,1-2H3,(H,14,17). The van der Waals surface area contributed by atoms with E-state index in [0.29, 0.717) is 19.0 Å². The van der Waals surface area contributed by atoms with Crippen molar-refractivity contribution in [2.75, 3.05) is 13.1 Å². The van der Waals surface area contributed by atoms with Gasteiger partial charge in [-0.05, 0) is 19.3 Å². The maximum Gasteiger partial charge on any atom is 0.221 e. The molecule has 0 aliphatic heterocycles. The average molecular weight is 240 g/mol. The molecule has 0 aromatic carbocycles. The first-order valence-corrected chi connectivity index (χ1v) is 6.69. The van der Waals surface area contributed by atoms with Crippen molar-refractivity contribution in [1.29, 1.82) is 0 Å². The molecular weight excluding hydrogens is 216 g/mol. The van der Waals surface area contributed by atoms with Gasteiger partial charge in [0.2, 0.25) is 11.8 Å². The molecular formula is C13H24N2O2. The number of rotatable bonds is 8. The van der Waals surface area contributed by atoms with Gasteiger partial charge >= 0.3 is 0 Å². The van der Waals surface area contributed by atoms with Crippen molar-refractivity contribution in [2.24, 2.45) is 0 Å². The van der Waals surface area contributed by atoms with Crippen LogP contribution in [-0.4, -0.2) is 35.8 Å². The van der Waals surface area contributed by atoms with E-state index in [9.17, 15) is 9.59 Å². The predicted octanol–water partition coefficient (Wildman–Crippen LogP) is 1.69. The van der Waals surface area contributed by atoms with E-state index < -0.39 is 0 Å². The fourth-order valence-electron chi connectivity index (χ4n) is 1.90. The summed E-state index contributed by atoms with van der Waals surface area (Å²) < 4.78 is 0. The largest absolute Gasteiger partial charge is 0.356 e. The van der Waals surface area contributed by atoms with Gasteiger partial charge in [-0.15, -0.1) is 0 Å². The zero-order valence-electron chi connectivity index (χ0n) is 11.0. The molecule has 0 unspecified atom stereocenters. The molecule has 1 fully saturated rings. The summed E-state index contributed by atoms with van der Waals surface area (Å²) in [6.45, 7) is 5.05. The molecule has 0 atom stereocenters. The highest BCUT2D eigenvalue weighted by Gasteiger charge is 2.30. The number of unbranched alkanes of at least 4 members (excludes halogenated alkanes) is 2. The normalized spacial score (nSPS) is 14.5. The van der Waals surface area contributed by atoms with E-state index in [4.69, 9.17) is 0 Å². The van der Waals surface area contributed by atoms with Crippen LogP contribution < -0.4 is 5.32 Å². The summed E-state index contributed by atoms with van der Waals surface area (Å²) in [4.78, 5) is 24.7. The first kappa shape index (κ1) is 14.0. The Morgan fingerprint density at radius 3 is 2.53 bits per heavy atom. The summed E-state index contributed by atoms with van der Waals surface area (Å²) in [5.41, 5.74) is 0. The molecule has 1 saturated carbocycles. The Morgan fingerprint density at radius 2 is 2.00 bits per heavy atom. The maximum absolute atomic E-state index is 11.5. The Balaban J connectivity index is 2.11. The van der Waals surface area contributed by atoms with Crippen LogP contribution in [0.25, 0.3) is 0 Å². The Hall–Kier alpha value is -1.06. The summed E-state index contributed by atoms with van der Waals surface area (Å²) in [5, 5.41) is 2.89. The number of carbonyl (C=O) groups excluding carboxylic acids is 2. The van der Waals surface area contributed by atoms with Crippen LogP contribution in [0.5, 0.6) is 0 Å². The summed E-state index contributed by atoms with van der Waals surface area (Å²) in [6, 6.07) is 0.403. The van der Waals surface area contributed by atoms with E-state index in [2.05, 4.69) is 12.2 Å². The second-order valence-electron chi connectivity index (χ2n) is 4.75. The van der Waals surface area contributed by atoms with Crippen LogP contribution in [0, 0.1) is 0 Å². The van der Waals surface area contributed by atoms with Gasteiger partial charge in [0.05, 0.1) is 0 Å². The third-order valence-corrected chi connectivity index (χ3v) is 3.07. The molecule has 0 bridgehead atoms. The van der Waals surface area contributed by atoms with Crippen molar-refractivity contribution in [2.45, 2.75) is 58.4 Å². The van der Waals surface area contributed by atoms with Crippen molar-refractivity contribution < 1.29 is 9.59 Å². The van der Waals surface area contributed by atoms with Crippen LogP contribution in [0.2, 0.25) is 0 Å². The van der Waals surface area contributed by atoms with Gasteiger partial charge in [0.1, 0.15) is 0 Å². The lowest BCUT2D eigenvalue weighted by Crippen LogP contribution is -2.35. The third-order valence-electron chi connectivity index (χ3n) is 3.07. The second-order valence-corrected chi connectivity index (χ2v) is 4.75. The SMILES string of the molecule is CCCCCNC(=O)CCN(C(C)=O)C1CC1. The average Bonchev–Trinajstić information content (AvgIpc) is 3.08. The van der Waals surface area contributed by atoms with Gasteiger partial charge in [-0.3, -0.25) is 9.59 Å². The van der Waals surface area contributed by atoms with E-state index >= 15 is 0 Å². The molecule has 1 N–H and O–H groups in total. The molecule has 0 radical (unpaired) electrons. The molecule has 0 saturated heterocycles. The number of hydrogen-bond acceptors (Lipinski definition) is 2. The van der Waals surface area contributed by atoms with Gasteiger partial charge < -0.3 is 10.2 Å². The Morgan fingerprint density at radius 1 is 1.29 bits per heavy atom. The zero-order chi connectivity index (χ0) is 12.7. The van der Waals surface area contributed by atoms with Crippen LogP contribution in [0.3, 0.4) is 0 Å². The van der Waals surface area contributed by atoms with Gasteiger partial charge in [-0.1, -0.05) is 19.8 Å². The lowest BCUT2D eigenvalue weighted by Gasteiger charge is -2.20. The minimum absolute atomic E-state index is 0.0630. The topological polar surface area (TPSA) is 49.4 Å². The quantitative estimate of drug-likeness (QED) is 0.656. The number of nitrogens with zero attached hydrogens (tertiary/aromatic N) is 1. The fourth-order valence-corrected chi connectivity index (χ4v) is 1.90. The highest BCUT2D eigenvalue weighted by molar-refractivity contribution is 5.78. The fraction of sp³-hybridized carbons (Fsp3) is 0.846. The minimum atomic E-state index is 0.0630. The first-order valence-electron chi connectivity index (χ1n) is 6.69. The van der Waals surface area contributed by atoms with Crippen molar-refractivity contribution in [1.82, 2.24) is 10.2 Å².